The normalized spacial score (nSPS) is 21.8. The van der Waals surface area contributed by atoms with Crippen molar-refractivity contribution in [1.82, 2.24) is 10.2 Å². The second-order valence-electron chi connectivity index (χ2n) is 5.53. The lowest BCUT2D eigenvalue weighted by atomic mass is 10.2. The van der Waals surface area contributed by atoms with Gasteiger partial charge in [0.2, 0.25) is 5.91 Å². The number of nitrogens with zero attached hydrogens (tertiary/aromatic N) is 1. The van der Waals surface area contributed by atoms with Crippen LogP contribution in [0.15, 0.2) is 0 Å². The maximum absolute atomic E-state index is 12.2. The molecule has 0 aromatic carbocycles. The van der Waals surface area contributed by atoms with Gasteiger partial charge in [0.15, 0.2) is 9.84 Å². The number of hydrogen-bond acceptors (Lipinski definition) is 4. The fourth-order valence-corrected chi connectivity index (χ4v) is 3.98. The van der Waals surface area contributed by atoms with Crippen molar-refractivity contribution in [2.24, 2.45) is 0 Å². The lowest BCUT2D eigenvalue weighted by Gasteiger charge is -2.28. The molecule has 1 aliphatic rings. The summed E-state index contributed by atoms with van der Waals surface area (Å²) in [7, 11) is -2.94. The highest BCUT2D eigenvalue weighted by Gasteiger charge is 2.34. The smallest absolute Gasteiger partial charge is 0.236 e. The van der Waals surface area contributed by atoms with Gasteiger partial charge in [0.05, 0.1) is 18.1 Å². The summed E-state index contributed by atoms with van der Waals surface area (Å²) in [6, 6.07) is 0.127. The van der Waals surface area contributed by atoms with E-state index >= 15 is 0 Å². The molecule has 1 aliphatic heterocycles. The van der Waals surface area contributed by atoms with Gasteiger partial charge in [-0.1, -0.05) is 27.2 Å². The van der Waals surface area contributed by atoms with E-state index in [4.69, 9.17) is 0 Å². The third-order valence-corrected chi connectivity index (χ3v) is 5.13. The van der Waals surface area contributed by atoms with Gasteiger partial charge in [-0.2, -0.15) is 0 Å². The van der Waals surface area contributed by atoms with Gasteiger partial charge in [0.25, 0.3) is 0 Å². The van der Waals surface area contributed by atoms with Gasteiger partial charge in [-0.05, 0) is 12.8 Å². The first-order valence-corrected chi connectivity index (χ1v) is 8.91. The fraction of sp³-hybridized carbons (Fsp3) is 0.923. The Labute approximate surface area is 116 Å². The van der Waals surface area contributed by atoms with E-state index in [1.54, 1.807) is 4.90 Å². The number of unbranched alkanes of at least 4 members (excludes halogenated alkanes) is 1. The van der Waals surface area contributed by atoms with Crippen LogP contribution in [0.5, 0.6) is 0 Å². The molecule has 0 aromatic heterocycles. The minimum Gasteiger partial charge on any atom is -0.338 e. The number of carbonyl (C=O) groups excluding carboxylic acids is 1. The first-order chi connectivity index (χ1) is 8.85. The zero-order valence-corrected chi connectivity index (χ0v) is 13.0. The van der Waals surface area contributed by atoms with Crippen LogP contribution in [0.3, 0.4) is 0 Å². The summed E-state index contributed by atoms with van der Waals surface area (Å²) in [5, 5.41) is 3.11. The largest absolute Gasteiger partial charge is 0.338 e. The Morgan fingerprint density at radius 2 is 2.11 bits per heavy atom. The van der Waals surface area contributed by atoms with E-state index in [9.17, 15) is 13.2 Å². The molecule has 1 heterocycles. The van der Waals surface area contributed by atoms with E-state index in [-0.39, 0.29) is 36.0 Å². The molecular formula is C13H26N2O3S. The highest BCUT2D eigenvalue weighted by molar-refractivity contribution is 7.91. The second kappa shape index (κ2) is 7.24. The highest BCUT2D eigenvalue weighted by atomic mass is 32.2. The molecule has 0 bridgehead atoms. The van der Waals surface area contributed by atoms with Crippen molar-refractivity contribution in [3.63, 3.8) is 0 Å². The molecule has 0 aromatic rings. The molecule has 0 saturated carbocycles. The second-order valence-corrected chi connectivity index (χ2v) is 7.76. The number of rotatable bonds is 7. The Kier molecular flexibility index (Phi) is 6.26. The molecule has 0 aliphatic carbocycles. The Balaban J connectivity index is 2.63. The average molecular weight is 290 g/mol. The van der Waals surface area contributed by atoms with Gasteiger partial charge in [0.1, 0.15) is 0 Å². The zero-order valence-electron chi connectivity index (χ0n) is 12.2. The van der Waals surface area contributed by atoms with Crippen molar-refractivity contribution < 1.29 is 13.2 Å². The highest BCUT2D eigenvalue weighted by Crippen LogP contribution is 2.18. The van der Waals surface area contributed by atoms with E-state index in [1.807, 2.05) is 13.8 Å². The zero-order chi connectivity index (χ0) is 14.5. The maximum atomic E-state index is 12.2. The molecule has 1 rings (SSSR count). The molecule has 5 nitrogen and oxygen atoms in total. The first kappa shape index (κ1) is 16.4. The number of amides is 1. The van der Waals surface area contributed by atoms with Gasteiger partial charge in [-0.3, -0.25) is 4.79 Å². The summed E-state index contributed by atoms with van der Waals surface area (Å²) in [5.74, 6) is 0.360. The third kappa shape index (κ3) is 5.48. The monoisotopic (exact) mass is 290 g/mol. The Hall–Kier alpha value is -0.620. The van der Waals surface area contributed by atoms with Gasteiger partial charge in [0, 0.05) is 18.6 Å². The number of nitrogens with one attached hydrogen (secondary N) is 1. The quantitative estimate of drug-likeness (QED) is 0.753. The Morgan fingerprint density at radius 3 is 2.58 bits per heavy atom. The Bertz CT molecular complexity index is 393. The molecule has 19 heavy (non-hydrogen) atoms. The lowest BCUT2D eigenvalue weighted by Crippen LogP contribution is -2.46. The fourth-order valence-electron chi connectivity index (χ4n) is 2.25. The van der Waals surface area contributed by atoms with Crippen molar-refractivity contribution in [2.75, 3.05) is 24.6 Å². The summed E-state index contributed by atoms with van der Waals surface area (Å²) in [5.41, 5.74) is 0. The number of sulfone groups is 1. The van der Waals surface area contributed by atoms with Crippen LogP contribution in [0.1, 0.15) is 40.0 Å². The predicted molar refractivity (Wildman–Crippen MR) is 76.8 cm³/mol. The van der Waals surface area contributed by atoms with Gasteiger partial charge in [-0.25, -0.2) is 8.42 Å². The molecule has 1 fully saturated rings. The van der Waals surface area contributed by atoms with Crippen molar-refractivity contribution >= 4 is 15.7 Å². The minimum atomic E-state index is -2.94. The molecule has 0 spiro atoms. The van der Waals surface area contributed by atoms with Crippen LogP contribution in [0.2, 0.25) is 0 Å². The van der Waals surface area contributed by atoms with E-state index in [0.29, 0.717) is 13.0 Å². The first-order valence-electron chi connectivity index (χ1n) is 7.09. The van der Waals surface area contributed by atoms with Gasteiger partial charge in [-0.15, -0.1) is 0 Å². The number of carbonyl (C=O) groups is 1. The van der Waals surface area contributed by atoms with E-state index in [1.165, 1.54) is 0 Å². The average Bonchev–Trinajstić information content (AvgIpc) is 2.67. The molecule has 6 heteroatoms. The molecule has 1 unspecified atom stereocenters. The van der Waals surface area contributed by atoms with Crippen molar-refractivity contribution in [3.8, 4) is 0 Å². The molecular weight excluding hydrogens is 264 g/mol. The summed E-state index contributed by atoms with van der Waals surface area (Å²) < 4.78 is 23.1. The molecule has 1 saturated heterocycles. The molecule has 1 atom stereocenters. The molecule has 1 amide bonds. The van der Waals surface area contributed by atoms with Gasteiger partial charge >= 0.3 is 0 Å². The predicted octanol–water partition coefficient (Wildman–Crippen LogP) is 0.800. The summed E-state index contributed by atoms with van der Waals surface area (Å²) in [4.78, 5) is 14.0. The lowest BCUT2D eigenvalue weighted by molar-refractivity contribution is -0.132. The van der Waals surface area contributed by atoms with Crippen LogP contribution in [0.4, 0.5) is 0 Å². The molecule has 1 N–H and O–H groups in total. The third-order valence-electron chi connectivity index (χ3n) is 3.38. The van der Waals surface area contributed by atoms with Crippen LogP contribution in [0, 0.1) is 0 Å². The van der Waals surface area contributed by atoms with Crippen LogP contribution < -0.4 is 5.32 Å². The van der Waals surface area contributed by atoms with E-state index in [2.05, 4.69) is 12.2 Å². The SMILES string of the molecule is CCCCN(C(=O)CNC(C)C)C1CCS(=O)(=O)C1. The van der Waals surface area contributed by atoms with Crippen molar-refractivity contribution in [1.29, 1.82) is 0 Å². The van der Waals surface area contributed by atoms with Crippen molar-refractivity contribution in [3.05, 3.63) is 0 Å². The van der Waals surface area contributed by atoms with Crippen LogP contribution in [-0.4, -0.2) is 55.9 Å². The van der Waals surface area contributed by atoms with E-state index < -0.39 is 9.84 Å². The minimum absolute atomic E-state index is 0.0178. The maximum Gasteiger partial charge on any atom is 0.236 e. The number of hydrogen-bond donors (Lipinski definition) is 1. The topological polar surface area (TPSA) is 66.5 Å². The van der Waals surface area contributed by atoms with E-state index in [0.717, 1.165) is 12.8 Å². The van der Waals surface area contributed by atoms with Gasteiger partial charge < -0.3 is 10.2 Å². The van der Waals surface area contributed by atoms with Crippen LogP contribution >= 0.6 is 0 Å². The van der Waals surface area contributed by atoms with Crippen LogP contribution in [0.25, 0.3) is 0 Å². The molecule has 112 valence electrons. The summed E-state index contributed by atoms with van der Waals surface area (Å²) in [6.07, 6.45) is 2.50. The summed E-state index contributed by atoms with van der Waals surface area (Å²) in [6.45, 7) is 7.00. The standard InChI is InChI=1S/C13H26N2O3S/c1-4-5-7-15(13(16)9-14-11(2)3)12-6-8-19(17,18)10-12/h11-12,14H,4-10H2,1-3H3. The Morgan fingerprint density at radius 1 is 1.42 bits per heavy atom. The summed E-state index contributed by atoms with van der Waals surface area (Å²) >= 11 is 0. The van der Waals surface area contributed by atoms with Crippen molar-refractivity contribution in [2.45, 2.75) is 52.1 Å². The molecule has 0 radical (unpaired) electrons. The van der Waals surface area contributed by atoms with Crippen LogP contribution in [-0.2, 0) is 14.6 Å².